The summed E-state index contributed by atoms with van der Waals surface area (Å²) in [5, 5.41) is 12.8. The molecule has 2 N–H and O–H groups in total. The number of benzene rings is 1. The summed E-state index contributed by atoms with van der Waals surface area (Å²) in [5.74, 6) is -1.09. The van der Waals surface area contributed by atoms with Crippen molar-refractivity contribution in [2.24, 2.45) is 0 Å². The number of hydrogen-bond donors (Lipinski definition) is 2. The summed E-state index contributed by atoms with van der Waals surface area (Å²) in [4.78, 5) is 22.8. The fourth-order valence-electron chi connectivity index (χ4n) is 1.98. The minimum absolute atomic E-state index is 0.0109. The lowest BCUT2D eigenvalue weighted by atomic mass is 9.98. The zero-order chi connectivity index (χ0) is 15.6. The normalized spacial score (nSPS) is 11.6. The van der Waals surface area contributed by atoms with Gasteiger partial charge in [0.15, 0.2) is 5.76 Å². The van der Waals surface area contributed by atoms with Gasteiger partial charge in [-0.15, -0.1) is 0 Å². The molecule has 21 heavy (non-hydrogen) atoms. The molecule has 0 radical (unpaired) electrons. The van der Waals surface area contributed by atoms with Crippen LogP contribution in [0.3, 0.4) is 0 Å². The molecule has 0 aliphatic heterocycles. The summed E-state index contributed by atoms with van der Waals surface area (Å²) in [6, 6.07) is 6.71. The van der Waals surface area contributed by atoms with Crippen LogP contribution in [0, 0.1) is 0 Å². The largest absolute Gasteiger partial charge is 0.481 e. The van der Waals surface area contributed by atoms with Crippen LogP contribution in [-0.4, -0.2) is 22.5 Å². The molecule has 1 aromatic heterocycles. The maximum Gasteiger partial charge on any atom is 0.303 e. The molecule has 1 heterocycles. The second-order valence-corrected chi connectivity index (χ2v) is 5.96. The number of rotatable bonds is 5. The molecule has 1 aromatic carbocycles. The fourth-order valence-corrected chi connectivity index (χ4v) is 2.16. The van der Waals surface area contributed by atoms with E-state index < -0.39 is 11.5 Å². The maximum atomic E-state index is 12.2. The smallest absolute Gasteiger partial charge is 0.303 e. The van der Waals surface area contributed by atoms with E-state index in [4.69, 9.17) is 21.1 Å². The minimum Gasteiger partial charge on any atom is -0.481 e. The standard InChI is InChI=1S/C15H16ClNO4/c1-15(2,6-5-13(18)19)17-14(20)12-8-9-7-10(16)3-4-11(9)21-12/h3-4,7-8H,5-6H2,1-2H3,(H,17,20)(H,18,19). The second kappa shape index (κ2) is 5.77. The molecule has 0 bridgehead atoms. The van der Waals surface area contributed by atoms with Crippen molar-refractivity contribution in [2.45, 2.75) is 32.2 Å². The Morgan fingerprint density at radius 3 is 2.71 bits per heavy atom. The highest BCUT2D eigenvalue weighted by Gasteiger charge is 2.24. The summed E-state index contributed by atoms with van der Waals surface area (Å²) >= 11 is 5.89. The summed E-state index contributed by atoms with van der Waals surface area (Å²) in [5.41, 5.74) is -0.0561. The van der Waals surface area contributed by atoms with E-state index in [9.17, 15) is 9.59 Å². The molecule has 0 aliphatic rings. The summed E-state index contributed by atoms with van der Waals surface area (Å²) in [6.45, 7) is 3.54. The predicted molar refractivity (Wildman–Crippen MR) is 79.6 cm³/mol. The van der Waals surface area contributed by atoms with Crippen molar-refractivity contribution in [1.82, 2.24) is 5.32 Å². The molecule has 0 aliphatic carbocycles. The highest BCUT2D eigenvalue weighted by molar-refractivity contribution is 6.31. The number of amides is 1. The van der Waals surface area contributed by atoms with Crippen LogP contribution in [0.5, 0.6) is 0 Å². The number of aliphatic carboxylic acids is 1. The molecule has 0 atom stereocenters. The van der Waals surface area contributed by atoms with Gasteiger partial charge in [0.1, 0.15) is 5.58 Å². The number of carbonyl (C=O) groups is 2. The zero-order valence-corrected chi connectivity index (χ0v) is 12.5. The molecule has 0 saturated heterocycles. The number of carboxylic acid groups (broad SMARTS) is 1. The first-order valence-electron chi connectivity index (χ1n) is 6.50. The first-order valence-corrected chi connectivity index (χ1v) is 6.88. The van der Waals surface area contributed by atoms with E-state index in [-0.39, 0.29) is 18.1 Å². The Kier molecular flexibility index (Phi) is 4.23. The van der Waals surface area contributed by atoms with Gasteiger partial charge in [0.25, 0.3) is 5.91 Å². The third-order valence-electron chi connectivity index (χ3n) is 3.12. The fraction of sp³-hybridized carbons (Fsp3) is 0.333. The van der Waals surface area contributed by atoms with Crippen LogP contribution in [-0.2, 0) is 4.79 Å². The summed E-state index contributed by atoms with van der Waals surface area (Å²) < 4.78 is 5.47. The number of furan rings is 1. The Bertz CT molecular complexity index is 690. The van der Waals surface area contributed by atoms with Gasteiger partial charge in [0.2, 0.25) is 0 Å². The van der Waals surface area contributed by atoms with Gasteiger partial charge in [0.05, 0.1) is 0 Å². The quantitative estimate of drug-likeness (QED) is 0.886. The first kappa shape index (κ1) is 15.4. The van der Waals surface area contributed by atoms with Gasteiger partial charge >= 0.3 is 5.97 Å². The van der Waals surface area contributed by atoms with E-state index in [1.165, 1.54) is 0 Å². The van der Waals surface area contributed by atoms with Gasteiger partial charge in [0, 0.05) is 22.4 Å². The molecule has 112 valence electrons. The lowest BCUT2D eigenvalue weighted by Crippen LogP contribution is -2.43. The van der Waals surface area contributed by atoms with Crippen molar-refractivity contribution < 1.29 is 19.1 Å². The molecule has 5 nitrogen and oxygen atoms in total. The lowest BCUT2D eigenvalue weighted by Gasteiger charge is -2.24. The molecular formula is C15H16ClNO4. The number of carboxylic acids is 1. The van der Waals surface area contributed by atoms with Gasteiger partial charge in [-0.1, -0.05) is 11.6 Å². The van der Waals surface area contributed by atoms with Gasteiger partial charge in [-0.3, -0.25) is 9.59 Å². The number of halogens is 1. The van der Waals surface area contributed by atoms with Gasteiger partial charge in [-0.05, 0) is 44.5 Å². The number of hydrogen-bond acceptors (Lipinski definition) is 3. The molecule has 2 rings (SSSR count). The third-order valence-corrected chi connectivity index (χ3v) is 3.35. The minimum atomic E-state index is -0.893. The van der Waals surface area contributed by atoms with Gasteiger partial charge in [-0.25, -0.2) is 0 Å². The Hall–Kier alpha value is -2.01. The Morgan fingerprint density at radius 1 is 1.33 bits per heavy atom. The van der Waals surface area contributed by atoms with Crippen molar-refractivity contribution in [3.63, 3.8) is 0 Å². The molecule has 0 spiro atoms. The van der Waals surface area contributed by atoms with Crippen LogP contribution in [0.2, 0.25) is 5.02 Å². The molecule has 0 unspecified atom stereocenters. The average Bonchev–Trinajstić information content (AvgIpc) is 2.79. The summed E-state index contributed by atoms with van der Waals surface area (Å²) in [6.07, 6.45) is 0.323. The Morgan fingerprint density at radius 2 is 2.05 bits per heavy atom. The monoisotopic (exact) mass is 309 g/mol. The van der Waals surface area contributed by atoms with Gasteiger partial charge in [-0.2, -0.15) is 0 Å². The Balaban J connectivity index is 2.12. The van der Waals surface area contributed by atoms with Crippen LogP contribution < -0.4 is 5.32 Å². The van der Waals surface area contributed by atoms with E-state index in [1.807, 2.05) is 0 Å². The SMILES string of the molecule is CC(C)(CCC(=O)O)NC(=O)c1cc2cc(Cl)ccc2o1. The summed E-state index contributed by atoms with van der Waals surface area (Å²) in [7, 11) is 0. The number of fused-ring (bicyclic) bond motifs is 1. The number of carbonyl (C=O) groups excluding carboxylic acids is 1. The van der Waals surface area contributed by atoms with Crippen molar-refractivity contribution >= 4 is 34.4 Å². The van der Waals surface area contributed by atoms with Crippen LogP contribution in [0.4, 0.5) is 0 Å². The van der Waals surface area contributed by atoms with E-state index in [0.29, 0.717) is 17.0 Å². The van der Waals surface area contributed by atoms with E-state index in [1.54, 1.807) is 38.1 Å². The lowest BCUT2D eigenvalue weighted by molar-refractivity contribution is -0.137. The number of nitrogens with one attached hydrogen (secondary N) is 1. The topological polar surface area (TPSA) is 79.5 Å². The molecule has 6 heteroatoms. The molecular weight excluding hydrogens is 294 g/mol. The first-order chi connectivity index (χ1) is 9.77. The van der Waals surface area contributed by atoms with Crippen molar-refractivity contribution in [3.05, 3.63) is 35.0 Å². The van der Waals surface area contributed by atoms with E-state index in [0.717, 1.165) is 5.39 Å². The van der Waals surface area contributed by atoms with Crippen LogP contribution in [0.15, 0.2) is 28.7 Å². The second-order valence-electron chi connectivity index (χ2n) is 5.52. The highest BCUT2D eigenvalue weighted by atomic mass is 35.5. The maximum absolute atomic E-state index is 12.2. The van der Waals surface area contributed by atoms with Crippen LogP contribution in [0.25, 0.3) is 11.0 Å². The van der Waals surface area contributed by atoms with Crippen LogP contribution >= 0.6 is 11.6 Å². The van der Waals surface area contributed by atoms with Crippen LogP contribution in [0.1, 0.15) is 37.2 Å². The molecule has 1 amide bonds. The zero-order valence-electron chi connectivity index (χ0n) is 11.8. The highest BCUT2D eigenvalue weighted by Crippen LogP contribution is 2.23. The predicted octanol–water partition coefficient (Wildman–Crippen LogP) is 3.46. The van der Waals surface area contributed by atoms with E-state index in [2.05, 4.69) is 5.32 Å². The molecule has 2 aromatic rings. The van der Waals surface area contributed by atoms with Crippen molar-refractivity contribution in [1.29, 1.82) is 0 Å². The van der Waals surface area contributed by atoms with Gasteiger partial charge < -0.3 is 14.8 Å². The van der Waals surface area contributed by atoms with Crippen molar-refractivity contribution in [3.8, 4) is 0 Å². The third kappa shape index (κ3) is 3.98. The molecule has 0 fully saturated rings. The Labute approximate surface area is 126 Å². The van der Waals surface area contributed by atoms with E-state index >= 15 is 0 Å². The van der Waals surface area contributed by atoms with Crippen molar-refractivity contribution in [2.75, 3.05) is 0 Å². The molecule has 0 saturated carbocycles. The average molecular weight is 310 g/mol.